The first-order valence-corrected chi connectivity index (χ1v) is 14.7. The molecule has 0 spiro atoms. The van der Waals surface area contributed by atoms with Gasteiger partial charge in [0.1, 0.15) is 12.2 Å². The molecule has 0 aromatic carbocycles. The van der Waals surface area contributed by atoms with Gasteiger partial charge in [0.05, 0.1) is 6.61 Å². The number of aliphatic carboxylic acids is 1. The maximum absolute atomic E-state index is 12.2. The van der Waals surface area contributed by atoms with E-state index in [4.69, 9.17) is 19.1 Å². The lowest BCUT2D eigenvalue weighted by Crippen LogP contribution is -2.40. The number of hydrogen-bond donors (Lipinski definition) is 4. The Hall–Kier alpha value is -1.95. The Morgan fingerprint density at radius 3 is 2.00 bits per heavy atom. The number of nitrogens with zero attached hydrogens (tertiary/aromatic N) is 1. The molecule has 2 heterocycles. The van der Waals surface area contributed by atoms with Crippen molar-refractivity contribution < 1.29 is 38.5 Å². The number of unbranched alkanes of at least 4 members (excludes halogenated alkanes) is 12. The summed E-state index contributed by atoms with van der Waals surface area (Å²) in [5.41, 5.74) is -1.36. The number of hydrogen-bond acceptors (Lipinski definition) is 8. The molecule has 1 fully saturated rings. The van der Waals surface area contributed by atoms with Crippen LogP contribution in [0.25, 0.3) is 0 Å². The molecule has 0 bridgehead atoms. The SMILES string of the molecule is O=C(O)CCCCCCCCCCCCCCCOC1C(O[P+](=O)O)[C@H](n2ccc(=O)[nH]c2=O)O[C@@H]1CO. The number of nitrogens with one attached hydrogen (secondary N) is 1. The van der Waals surface area contributed by atoms with Crippen LogP contribution >= 0.6 is 8.25 Å². The summed E-state index contributed by atoms with van der Waals surface area (Å²) >= 11 is 0. The van der Waals surface area contributed by atoms with Gasteiger partial charge >= 0.3 is 19.9 Å². The van der Waals surface area contributed by atoms with Gasteiger partial charge in [0, 0.05) is 29.9 Å². The highest BCUT2D eigenvalue weighted by molar-refractivity contribution is 7.32. The largest absolute Gasteiger partial charge is 0.695 e. The molecule has 3 unspecified atom stereocenters. The lowest BCUT2D eigenvalue weighted by molar-refractivity contribution is -0.137. The fourth-order valence-corrected chi connectivity index (χ4v) is 5.10. The van der Waals surface area contributed by atoms with Gasteiger partial charge in [-0.3, -0.25) is 19.1 Å². The monoisotopic (exact) mass is 561 g/mol. The molecular formula is C25H42N2O10P+. The third-order valence-electron chi connectivity index (χ3n) is 6.65. The second kappa shape index (κ2) is 18.4. The van der Waals surface area contributed by atoms with Crippen LogP contribution < -0.4 is 11.2 Å². The summed E-state index contributed by atoms with van der Waals surface area (Å²) in [5.74, 6) is -0.715. The maximum Gasteiger partial charge on any atom is 0.695 e. The highest BCUT2D eigenvalue weighted by Gasteiger charge is 2.51. The van der Waals surface area contributed by atoms with E-state index in [-0.39, 0.29) is 6.42 Å². The Kier molecular flexibility index (Phi) is 15.6. The molecule has 0 amide bonds. The number of carboxylic acid groups (broad SMARTS) is 1. The summed E-state index contributed by atoms with van der Waals surface area (Å²) < 4.78 is 29.2. The molecule has 216 valence electrons. The first-order valence-electron chi connectivity index (χ1n) is 13.6. The van der Waals surface area contributed by atoms with Gasteiger partial charge < -0.3 is 19.7 Å². The quantitative estimate of drug-likeness (QED) is 0.128. The zero-order chi connectivity index (χ0) is 27.8. The molecule has 0 saturated carbocycles. The van der Waals surface area contributed by atoms with Gasteiger partial charge in [0.25, 0.3) is 5.56 Å². The van der Waals surface area contributed by atoms with E-state index >= 15 is 0 Å². The van der Waals surface area contributed by atoms with Crippen LogP contribution in [0, 0.1) is 0 Å². The summed E-state index contributed by atoms with van der Waals surface area (Å²) in [7, 11) is -3.03. The lowest BCUT2D eigenvalue weighted by atomic mass is 10.0. The van der Waals surface area contributed by atoms with Crippen LogP contribution in [0.3, 0.4) is 0 Å². The third-order valence-corrected chi connectivity index (χ3v) is 7.07. The molecule has 1 aliphatic rings. The van der Waals surface area contributed by atoms with E-state index < -0.39 is 56.6 Å². The van der Waals surface area contributed by atoms with Crippen molar-refractivity contribution in [1.29, 1.82) is 0 Å². The Balaban J connectivity index is 1.62. The molecule has 4 N–H and O–H groups in total. The minimum Gasteiger partial charge on any atom is -0.481 e. The third kappa shape index (κ3) is 11.8. The minimum absolute atomic E-state index is 0.270. The van der Waals surface area contributed by atoms with Crippen LogP contribution in [0.1, 0.15) is 96.1 Å². The molecule has 1 aliphatic heterocycles. The average Bonchev–Trinajstić information content (AvgIpc) is 3.19. The highest BCUT2D eigenvalue weighted by atomic mass is 31.1. The Bertz CT molecular complexity index is 953. The van der Waals surface area contributed by atoms with Gasteiger partial charge in [-0.2, -0.15) is 0 Å². The smallest absolute Gasteiger partial charge is 0.481 e. The van der Waals surface area contributed by atoms with Crippen LogP contribution in [0.15, 0.2) is 21.9 Å². The molecule has 0 aliphatic carbocycles. The van der Waals surface area contributed by atoms with E-state index in [1.54, 1.807) is 0 Å². The zero-order valence-corrected chi connectivity index (χ0v) is 22.8. The van der Waals surface area contributed by atoms with Crippen molar-refractivity contribution in [1.82, 2.24) is 9.55 Å². The Morgan fingerprint density at radius 1 is 0.947 bits per heavy atom. The van der Waals surface area contributed by atoms with Crippen molar-refractivity contribution in [2.75, 3.05) is 13.2 Å². The van der Waals surface area contributed by atoms with E-state index in [0.717, 1.165) is 55.6 Å². The maximum atomic E-state index is 12.2. The van der Waals surface area contributed by atoms with Crippen molar-refractivity contribution >= 4 is 14.2 Å². The molecule has 13 heteroatoms. The molecule has 12 nitrogen and oxygen atoms in total. The van der Waals surface area contributed by atoms with Crippen LogP contribution in [0.5, 0.6) is 0 Å². The fourth-order valence-electron chi connectivity index (χ4n) is 4.67. The molecule has 38 heavy (non-hydrogen) atoms. The number of rotatable bonds is 21. The number of aliphatic hydroxyl groups excluding tert-OH is 1. The van der Waals surface area contributed by atoms with Gasteiger partial charge in [0.2, 0.25) is 0 Å². The van der Waals surface area contributed by atoms with Crippen molar-refractivity contribution in [2.24, 2.45) is 0 Å². The second-order valence-electron chi connectivity index (χ2n) is 9.65. The fraction of sp³-hybridized carbons (Fsp3) is 0.800. The highest BCUT2D eigenvalue weighted by Crippen LogP contribution is 2.37. The van der Waals surface area contributed by atoms with E-state index in [2.05, 4.69) is 4.98 Å². The van der Waals surface area contributed by atoms with Crippen LogP contribution in [0.4, 0.5) is 0 Å². The number of H-pyrrole nitrogens is 1. The van der Waals surface area contributed by atoms with Gasteiger partial charge in [-0.05, 0) is 12.8 Å². The van der Waals surface area contributed by atoms with Gasteiger partial charge in [-0.25, -0.2) is 4.79 Å². The Morgan fingerprint density at radius 2 is 1.50 bits per heavy atom. The molecule has 5 atom stereocenters. The normalized spacial score (nSPS) is 21.6. The molecular weight excluding hydrogens is 519 g/mol. The van der Waals surface area contributed by atoms with Crippen LogP contribution in [-0.2, 0) is 23.4 Å². The number of aromatic amines is 1. The number of carbonyl (C=O) groups is 1. The summed E-state index contributed by atoms with van der Waals surface area (Å²) in [6, 6.07) is 1.12. The number of ether oxygens (including phenoxy) is 2. The predicted octanol–water partition coefficient (Wildman–Crippen LogP) is 3.39. The van der Waals surface area contributed by atoms with Gasteiger partial charge in [-0.1, -0.05) is 70.6 Å². The number of carboxylic acids is 1. The van der Waals surface area contributed by atoms with Crippen molar-refractivity contribution in [2.45, 2.75) is 114 Å². The van der Waals surface area contributed by atoms with Crippen LogP contribution in [0.2, 0.25) is 0 Å². The van der Waals surface area contributed by atoms with Crippen LogP contribution in [-0.4, -0.2) is 62.2 Å². The number of aromatic nitrogens is 2. The second-order valence-corrected chi connectivity index (χ2v) is 10.3. The summed E-state index contributed by atoms with van der Waals surface area (Å²) in [5, 5.41) is 18.4. The topological polar surface area (TPSA) is 177 Å². The molecule has 1 aromatic heterocycles. The van der Waals surface area contributed by atoms with Crippen molar-refractivity contribution in [3.63, 3.8) is 0 Å². The molecule has 0 radical (unpaired) electrons. The standard InChI is InChI=1S/C25H41N2O10P/c28-18-19-22(23(37-38(33)34)24(36-19)27-16-15-20(29)26-25(27)32)35-17-13-11-9-7-5-3-1-2-4-6-8-10-12-14-21(30)31/h15-16,19,22-24,28H,1-14,17-18H2,(H2-,26,29,30,31,32,33,34)/p+1/t19-,22?,23?,24-/m1/s1. The zero-order valence-electron chi connectivity index (χ0n) is 21.9. The minimum atomic E-state index is -3.03. The van der Waals surface area contributed by atoms with E-state index in [9.17, 15) is 28.9 Å². The number of aliphatic hydroxyl groups is 1. The summed E-state index contributed by atoms with van der Waals surface area (Å²) in [6.45, 7) is -0.0988. The molecule has 1 aromatic rings. The first-order chi connectivity index (χ1) is 18.3. The molecule has 2 rings (SSSR count). The van der Waals surface area contributed by atoms with Gasteiger partial charge in [0.15, 0.2) is 12.3 Å². The Labute approximate surface area is 223 Å². The first kappa shape index (κ1) is 32.3. The van der Waals surface area contributed by atoms with E-state index in [0.29, 0.717) is 6.61 Å². The lowest BCUT2D eigenvalue weighted by Gasteiger charge is -2.20. The van der Waals surface area contributed by atoms with E-state index in [1.807, 2.05) is 0 Å². The van der Waals surface area contributed by atoms with Crippen molar-refractivity contribution in [3.8, 4) is 0 Å². The van der Waals surface area contributed by atoms with Crippen molar-refractivity contribution in [3.05, 3.63) is 33.1 Å². The van der Waals surface area contributed by atoms with Gasteiger partial charge in [-0.15, -0.1) is 9.42 Å². The van der Waals surface area contributed by atoms with E-state index in [1.165, 1.54) is 44.7 Å². The predicted molar refractivity (Wildman–Crippen MR) is 139 cm³/mol. The summed E-state index contributed by atoms with van der Waals surface area (Å²) in [4.78, 5) is 45.5. The molecule has 1 saturated heterocycles. The average molecular weight is 562 g/mol. The summed E-state index contributed by atoms with van der Waals surface area (Å²) in [6.07, 6.45) is 11.4.